The average molecular weight is 328 g/mol. The molecule has 0 aromatic heterocycles. The fourth-order valence-electron chi connectivity index (χ4n) is 2.52. The Kier molecular flexibility index (Phi) is 5.18. The van der Waals surface area contributed by atoms with Crippen LogP contribution in [0.2, 0.25) is 0 Å². The van der Waals surface area contributed by atoms with Gasteiger partial charge in [-0.15, -0.1) is 0 Å². The number of sulfonamides is 1. The van der Waals surface area contributed by atoms with Crippen LogP contribution in [0.3, 0.4) is 0 Å². The monoisotopic (exact) mass is 328 g/mol. The molecule has 0 heterocycles. The van der Waals surface area contributed by atoms with Crippen LogP contribution in [0.15, 0.2) is 24.3 Å². The molecular weight excluding hydrogens is 307 g/mol. The highest BCUT2D eigenvalue weighted by molar-refractivity contribution is 7.88. The molecule has 0 bridgehead atoms. The maximum Gasteiger partial charge on any atom is 0.241 e. The van der Waals surface area contributed by atoms with Crippen molar-refractivity contribution in [3.05, 3.63) is 35.6 Å². The number of benzene rings is 1. The molecule has 0 saturated heterocycles. The van der Waals surface area contributed by atoms with Crippen LogP contribution < -0.4 is 4.72 Å². The molecule has 1 atom stereocenters. The van der Waals surface area contributed by atoms with Crippen molar-refractivity contribution in [1.82, 2.24) is 9.62 Å². The summed E-state index contributed by atoms with van der Waals surface area (Å²) in [5, 5.41) is 0. The SMILES string of the molecule is C[C@H](NS(C)(=O)=O)C(=O)N(Cc1ccccc1F)C1CCC1. The molecule has 0 aliphatic heterocycles. The highest BCUT2D eigenvalue weighted by Gasteiger charge is 2.32. The number of hydrogen-bond donors (Lipinski definition) is 1. The first-order valence-corrected chi connectivity index (χ1v) is 9.18. The lowest BCUT2D eigenvalue weighted by Gasteiger charge is -2.39. The Morgan fingerprint density at radius 1 is 1.41 bits per heavy atom. The molecule has 7 heteroatoms. The van der Waals surface area contributed by atoms with Crippen molar-refractivity contribution in [2.24, 2.45) is 0 Å². The Hall–Kier alpha value is -1.47. The quantitative estimate of drug-likeness (QED) is 0.863. The van der Waals surface area contributed by atoms with Gasteiger partial charge in [0.25, 0.3) is 0 Å². The third-order valence-electron chi connectivity index (χ3n) is 3.86. The van der Waals surface area contributed by atoms with Crippen LogP contribution in [0.5, 0.6) is 0 Å². The van der Waals surface area contributed by atoms with Crippen molar-refractivity contribution >= 4 is 15.9 Å². The van der Waals surface area contributed by atoms with E-state index in [9.17, 15) is 17.6 Å². The minimum Gasteiger partial charge on any atom is -0.334 e. The summed E-state index contributed by atoms with van der Waals surface area (Å²) in [6.07, 6.45) is 3.78. The van der Waals surface area contributed by atoms with E-state index in [1.807, 2.05) is 0 Å². The minimum absolute atomic E-state index is 0.0518. The standard InChI is InChI=1S/C15H21FN2O3S/c1-11(17-22(2,20)21)15(19)18(13-7-5-8-13)10-12-6-3-4-9-14(12)16/h3-4,6,9,11,13,17H,5,7-8,10H2,1-2H3/t11-/m0/s1. The molecule has 0 spiro atoms. The van der Waals surface area contributed by atoms with Gasteiger partial charge in [0, 0.05) is 18.2 Å². The van der Waals surface area contributed by atoms with E-state index in [1.165, 1.54) is 13.0 Å². The molecule has 1 amide bonds. The Balaban J connectivity index is 2.16. The van der Waals surface area contributed by atoms with Gasteiger partial charge in [0.2, 0.25) is 15.9 Å². The third-order valence-corrected chi connectivity index (χ3v) is 4.64. The van der Waals surface area contributed by atoms with E-state index in [-0.39, 0.29) is 24.3 Å². The van der Waals surface area contributed by atoms with Gasteiger partial charge in [0.1, 0.15) is 5.82 Å². The van der Waals surface area contributed by atoms with Gasteiger partial charge >= 0.3 is 0 Å². The van der Waals surface area contributed by atoms with E-state index in [1.54, 1.807) is 23.1 Å². The van der Waals surface area contributed by atoms with Gasteiger partial charge in [0.15, 0.2) is 0 Å². The molecular formula is C15H21FN2O3S. The average Bonchev–Trinajstić information content (AvgIpc) is 2.35. The molecule has 5 nitrogen and oxygen atoms in total. The van der Waals surface area contributed by atoms with Crippen molar-refractivity contribution in [2.45, 2.75) is 44.8 Å². The lowest BCUT2D eigenvalue weighted by atomic mass is 9.90. The Bertz CT molecular complexity index is 644. The van der Waals surface area contributed by atoms with E-state index in [4.69, 9.17) is 0 Å². The molecule has 1 aliphatic rings. The van der Waals surface area contributed by atoms with Crippen molar-refractivity contribution in [2.75, 3.05) is 6.26 Å². The number of carbonyl (C=O) groups is 1. The number of rotatable bonds is 6. The lowest BCUT2D eigenvalue weighted by Crippen LogP contribution is -2.51. The highest BCUT2D eigenvalue weighted by Crippen LogP contribution is 2.27. The fourth-order valence-corrected chi connectivity index (χ4v) is 3.26. The predicted molar refractivity (Wildman–Crippen MR) is 82.0 cm³/mol. The Labute approximate surface area is 130 Å². The van der Waals surface area contributed by atoms with Crippen LogP contribution in [0.1, 0.15) is 31.7 Å². The second-order valence-electron chi connectivity index (χ2n) is 5.75. The Morgan fingerprint density at radius 3 is 2.55 bits per heavy atom. The summed E-state index contributed by atoms with van der Waals surface area (Å²) >= 11 is 0. The molecule has 1 fully saturated rings. The third kappa shape index (κ3) is 4.27. The maximum atomic E-state index is 13.8. The summed E-state index contributed by atoms with van der Waals surface area (Å²) in [6.45, 7) is 1.67. The van der Waals surface area contributed by atoms with Gasteiger partial charge in [-0.05, 0) is 32.3 Å². The molecule has 1 aliphatic carbocycles. The normalized spacial score (nSPS) is 16.9. The van der Waals surface area contributed by atoms with Crippen LogP contribution >= 0.6 is 0 Å². The summed E-state index contributed by atoms with van der Waals surface area (Å²) < 4.78 is 38.7. The molecule has 122 valence electrons. The zero-order valence-electron chi connectivity index (χ0n) is 12.8. The fraction of sp³-hybridized carbons (Fsp3) is 0.533. The van der Waals surface area contributed by atoms with Crippen molar-refractivity contribution in [3.63, 3.8) is 0 Å². The molecule has 1 saturated carbocycles. The van der Waals surface area contributed by atoms with E-state index in [2.05, 4.69) is 4.72 Å². The molecule has 2 rings (SSSR count). The zero-order chi connectivity index (χ0) is 16.3. The van der Waals surface area contributed by atoms with E-state index < -0.39 is 16.1 Å². The van der Waals surface area contributed by atoms with E-state index >= 15 is 0 Å². The highest BCUT2D eigenvalue weighted by atomic mass is 32.2. The topological polar surface area (TPSA) is 66.5 Å². The number of nitrogens with one attached hydrogen (secondary N) is 1. The molecule has 1 N–H and O–H groups in total. The van der Waals surface area contributed by atoms with Gasteiger partial charge < -0.3 is 4.90 Å². The summed E-state index contributed by atoms with van der Waals surface area (Å²) in [5.74, 6) is -0.679. The van der Waals surface area contributed by atoms with Gasteiger partial charge in [0.05, 0.1) is 12.3 Å². The van der Waals surface area contributed by atoms with Crippen molar-refractivity contribution in [1.29, 1.82) is 0 Å². The number of halogens is 1. The Morgan fingerprint density at radius 2 is 2.05 bits per heavy atom. The molecule has 0 radical (unpaired) electrons. The van der Waals surface area contributed by atoms with Crippen molar-refractivity contribution < 1.29 is 17.6 Å². The van der Waals surface area contributed by atoms with Gasteiger partial charge in [-0.3, -0.25) is 4.79 Å². The first kappa shape index (κ1) is 16.9. The second-order valence-corrected chi connectivity index (χ2v) is 7.53. The summed E-state index contributed by atoms with van der Waals surface area (Å²) in [7, 11) is -3.47. The first-order chi connectivity index (χ1) is 10.3. The molecule has 1 aromatic carbocycles. The molecule has 1 aromatic rings. The maximum absolute atomic E-state index is 13.8. The van der Waals surface area contributed by atoms with Crippen molar-refractivity contribution in [3.8, 4) is 0 Å². The van der Waals surface area contributed by atoms with Gasteiger partial charge in [-0.25, -0.2) is 17.5 Å². The summed E-state index contributed by atoms with van der Waals surface area (Å²) in [5.41, 5.74) is 0.439. The second kappa shape index (κ2) is 6.75. The zero-order valence-corrected chi connectivity index (χ0v) is 13.6. The summed E-state index contributed by atoms with van der Waals surface area (Å²) in [4.78, 5) is 14.1. The molecule has 22 heavy (non-hydrogen) atoms. The van der Waals surface area contributed by atoms with E-state index in [0.717, 1.165) is 25.5 Å². The minimum atomic E-state index is -3.47. The van der Waals surface area contributed by atoms with Crippen LogP contribution in [-0.2, 0) is 21.4 Å². The van der Waals surface area contributed by atoms with Gasteiger partial charge in [-0.2, -0.15) is 0 Å². The smallest absolute Gasteiger partial charge is 0.241 e. The van der Waals surface area contributed by atoms with Crippen LogP contribution in [-0.4, -0.2) is 37.6 Å². The van der Waals surface area contributed by atoms with Crippen LogP contribution in [0, 0.1) is 5.82 Å². The number of carbonyl (C=O) groups excluding carboxylic acids is 1. The largest absolute Gasteiger partial charge is 0.334 e. The summed E-state index contributed by atoms with van der Waals surface area (Å²) in [6, 6.07) is 5.51. The first-order valence-electron chi connectivity index (χ1n) is 7.29. The van der Waals surface area contributed by atoms with E-state index in [0.29, 0.717) is 5.56 Å². The molecule has 0 unspecified atom stereocenters. The predicted octanol–water partition coefficient (Wildman–Crippen LogP) is 1.64. The number of nitrogens with zero attached hydrogens (tertiary/aromatic N) is 1. The van der Waals surface area contributed by atoms with Crippen LogP contribution in [0.25, 0.3) is 0 Å². The number of amides is 1. The van der Waals surface area contributed by atoms with Crippen LogP contribution in [0.4, 0.5) is 4.39 Å². The number of hydrogen-bond acceptors (Lipinski definition) is 3. The van der Waals surface area contributed by atoms with Gasteiger partial charge in [-0.1, -0.05) is 18.2 Å². The lowest BCUT2D eigenvalue weighted by molar-refractivity contribution is -0.137.